The molecule has 0 saturated carbocycles. The summed E-state index contributed by atoms with van der Waals surface area (Å²) in [6.07, 6.45) is 1.67. The highest BCUT2D eigenvalue weighted by Crippen LogP contribution is 2.26. The van der Waals surface area contributed by atoms with Crippen LogP contribution in [0.5, 0.6) is 0 Å². The summed E-state index contributed by atoms with van der Waals surface area (Å²) < 4.78 is 5.20. The number of hydrogen-bond acceptors (Lipinski definition) is 3. The van der Waals surface area contributed by atoms with E-state index in [-0.39, 0.29) is 0 Å². The standard InChI is InChI=1S/C13H12O3S/c1-9-12(6-7-16-9)17-8-10-2-4-11(5-3-10)13(14)15/h2-7H,8H2,1H3,(H,14,15). The summed E-state index contributed by atoms with van der Waals surface area (Å²) in [4.78, 5) is 11.8. The van der Waals surface area contributed by atoms with Gasteiger partial charge in [0.25, 0.3) is 0 Å². The molecule has 0 fully saturated rings. The van der Waals surface area contributed by atoms with E-state index in [0.29, 0.717) is 5.56 Å². The first-order valence-electron chi connectivity index (χ1n) is 5.16. The fourth-order valence-electron chi connectivity index (χ4n) is 1.43. The van der Waals surface area contributed by atoms with Crippen molar-refractivity contribution in [1.29, 1.82) is 0 Å². The molecule has 0 unspecified atom stereocenters. The summed E-state index contributed by atoms with van der Waals surface area (Å²) in [6, 6.07) is 8.87. The molecule has 1 aromatic heterocycles. The average Bonchev–Trinajstić information content (AvgIpc) is 2.73. The van der Waals surface area contributed by atoms with Crippen LogP contribution in [0, 0.1) is 6.92 Å². The topological polar surface area (TPSA) is 50.4 Å². The lowest BCUT2D eigenvalue weighted by Gasteiger charge is -2.01. The number of benzene rings is 1. The number of rotatable bonds is 4. The van der Waals surface area contributed by atoms with Crippen LogP contribution in [-0.4, -0.2) is 11.1 Å². The quantitative estimate of drug-likeness (QED) is 0.840. The summed E-state index contributed by atoms with van der Waals surface area (Å²) in [6.45, 7) is 1.93. The third kappa shape index (κ3) is 2.91. The van der Waals surface area contributed by atoms with E-state index < -0.39 is 5.97 Å². The van der Waals surface area contributed by atoms with E-state index in [9.17, 15) is 4.79 Å². The third-order valence-electron chi connectivity index (χ3n) is 2.41. The summed E-state index contributed by atoms with van der Waals surface area (Å²) in [7, 11) is 0. The Morgan fingerprint density at radius 1 is 1.29 bits per heavy atom. The fourth-order valence-corrected chi connectivity index (χ4v) is 2.35. The normalized spacial score (nSPS) is 10.4. The zero-order valence-corrected chi connectivity index (χ0v) is 10.2. The van der Waals surface area contributed by atoms with E-state index in [2.05, 4.69) is 0 Å². The van der Waals surface area contributed by atoms with Crippen LogP contribution in [-0.2, 0) is 5.75 Å². The Bertz CT molecular complexity index is 514. The maximum absolute atomic E-state index is 10.7. The lowest BCUT2D eigenvalue weighted by molar-refractivity contribution is 0.0697. The number of carboxylic acids is 1. The van der Waals surface area contributed by atoms with Gasteiger partial charge in [0, 0.05) is 10.6 Å². The van der Waals surface area contributed by atoms with Gasteiger partial charge in [-0.3, -0.25) is 0 Å². The first-order chi connectivity index (χ1) is 8.16. The Balaban J connectivity index is 2.00. The SMILES string of the molecule is Cc1occc1SCc1ccc(C(=O)O)cc1. The molecule has 2 aromatic rings. The number of hydrogen-bond donors (Lipinski definition) is 1. The van der Waals surface area contributed by atoms with Crippen LogP contribution in [0.15, 0.2) is 45.9 Å². The zero-order valence-electron chi connectivity index (χ0n) is 9.34. The molecule has 1 aromatic carbocycles. The molecule has 2 rings (SSSR count). The van der Waals surface area contributed by atoms with Gasteiger partial charge in [-0.15, -0.1) is 11.8 Å². The number of thioether (sulfide) groups is 1. The van der Waals surface area contributed by atoms with Crippen molar-refractivity contribution < 1.29 is 14.3 Å². The third-order valence-corrected chi connectivity index (χ3v) is 3.62. The maximum atomic E-state index is 10.7. The molecule has 0 aliphatic rings. The molecule has 0 aliphatic carbocycles. The van der Waals surface area contributed by atoms with Gasteiger partial charge in [-0.25, -0.2) is 4.79 Å². The molecular formula is C13H12O3S. The highest BCUT2D eigenvalue weighted by atomic mass is 32.2. The van der Waals surface area contributed by atoms with Crippen LogP contribution < -0.4 is 0 Å². The summed E-state index contributed by atoms with van der Waals surface area (Å²) in [5, 5.41) is 8.77. The Hall–Kier alpha value is -1.68. The molecule has 0 spiro atoms. The minimum atomic E-state index is -0.894. The lowest BCUT2D eigenvalue weighted by atomic mass is 10.1. The van der Waals surface area contributed by atoms with Gasteiger partial charge in [-0.05, 0) is 30.7 Å². The molecule has 1 heterocycles. The lowest BCUT2D eigenvalue weighted by Crippen LogP contribution is -1.95. The first-order valence-corrected chi connectivity index (χ1v) is 6.14. The van der Waals surface area contributed by atoms with Crippen LogP contribution in [0.2, 0.25) is 0 Å². The number of carbonyl (C=O) groups is 1. The molecule has 0 bridgehead atoms. The molecule has 0 saturated heterocycles. The summed E-state index contributed by atoms with van der Waals surface area (Å²) in [5.74, 6) is 0.826. The molecule has 17 heavy (non-hydrogen) atoms. The predicted octanol–water partition coefficient (Wildman–Crippen LogP) is 3.58. The van der Waals surface area contributed by atoms with E-state index >= 15 is 0 Å². The second-order valence-corrected chi connectivity index (χ2v) is 4.65. The Kier molecular flexibility index (Phi) is 3.54. The van der Waals surface area contributed by atoms with Gasteiger partial charge in [-0.2, -0.15) is 0 Å². The largest absolute Gasteiger partial charge is 0.478 e. The zero-order chi connectivity index (χ0) is 12.3. The first kappa shape index (κ1) is 11.8. The number of aromatic carboxylic acids is 1. The minimum Gasteiger partial charge on any atom is -0.478 e. The van der Waals surface area contributed by atoms with Gasteiger partial charge in [0.05, 0.1) is 11.8 Å². The molecule has 0 atom stereocenters. The van der Waals surface area contributed by atoms with Gasteiger partial charge < -0.3 is 9.52 Å². The van der Waals surface area contributed by atoms with Gasteiger partial charge >= 0.3 is 5.97 Å². The Labute approximate surface area is 103 Å². The van der Waals surface area contributed by atoms with Crippen LogP contribution in [0.25, 0.3) is 0 Å². The van der Waals surface area contributed by atoms with Crippen molar-refractivity contribution in [2.45, 2.75) is 17.6 Å². The Morgan fingerprint density at radius 3 is 2.53 bits per heavy atom. The molecule has 0 amide bonds. The van der Waals surface area contributed by atoms with Crippen LogP contribution in [0.4, 0.5) is 0 Å². The van der Waals surface area contributed by atoms with Crippen molar-refractivity contribution in [3.63, 3.8) is 0 Å². The molecule has 0 radical (unpaired) electrons. The van der Waals surface area contributed by atoms with E-state index in [1.807, 2.05) is 25.1 Å². The van der Waals surface area contributed by atoms with Crippen molar-refractivity contribution in [3.8, 4) is 0 Å². The number of aryl methyl sites for hydroxylation is 1. The minimum absolute atomic E-state index is 0.318. The van der Waals surface area contributed by atoms with Gasteiger partial charge in [0.15, 0.2) is 0 Å². The molecule has 4 heteroatoms. The van der Waals surface area contributed by atoms with Gasteiger partial charge in [0.1, 0.15) is 5.76 Å². The monoisotopic (exact) mass is 248 g/mol. The number of furan rings is 1. The van der Waals surface area contributed by atoms with Crippen molar-refractivity contribution in [1.82, 2.24) is 0 Å². The summed E-state index contributed by atoms with van der Waals surface area (Å²) >= 11 is 1.68. The highest BCUT2D eigenvalue weighted by molar-refractivity contribution is 7.98. The van der Waals surface area contributed by atoms with Gasteiger partial charge in [-0.1, -0.05) is 12.1 Å². The van der Waals surface area contributed by atoms with Crippen LogP contribution in [0.3, 0.4) is 0 Å². The van der Waals surface area contributed by atoms with Crippen molar-refractivity contribution in [2.75, 3.05) is 0 Å². The van der Waals surface area contributed by atoms with E-state index in [1.54, 1.807) is 30.2 Å². The van der Waals surface area contributed by atoms with Crippen LogP contribution in [0.1, 0.15) is 21.7 Å². The predicted molar refractivity (Wildman–Crippen MR) is 66.4 cm³/mol. The van der Waals surface area contributed by atoms with E-state index in [4.69, 9.17) is 9.52 Å². The second kappa shape index (κ2) is 5.10. The maximum Gasteiger partial charge on any atom is 0.335 e. The smallest absolute Gasteiger partial charge is 0.335 e. The van der Waals surface area contributed by atoms with Crippen molar-refractivity contribution in [2.24, 2.45) is 0 Å². The second-order valence-electron chi connectivity index (χ2n) is 3.63. The fraction of sp³-hybridized carbons (Fsp3) is 0.154. The molecule has 0 aliphatic heterocycles. The Morgan fingerprint density at radius 2 is 2.00 bits per heavy atom. The van der Waals surface area contributed by atoms with Crippen LogP contribution >= 0.6 is 11.8 Å². The van der Waals surface area contributed by atoms with Crippen molar-refractivity contribution >= 4 is 17.7 Å². The molecule has 88 valence electrons. The summed E-state index contributed by atoms with van der Waals surface area (Å²) in [5.41, 5.74) is 1.42. The average molecular weight is 248 g/mol. The van der Waals surface area contributed by atoms with E-state index in [1.165, 1.54) is 0 Å². The molecule has 1 N–H and O–H groups in total. The molecule has 3 nitrogen and oxygen atoms in total. The molecular weight excluding hydrogens is 236 g/mol. The van der Waals surface area contributed by atoms with Crippen molar-refractivity contribution in [3.05, 3.63) is 53.5 Å². The van der Waals surface area contributed by atoms with E-state index in [0.717, 1.165) is 22.0 Å². The number of carboxylic acid groups (broad SMARTS) is 1. The van der Waals surface area contributed by atoms with Gasteiger partial charge in [0.2, 0.25) is 0 Å². The highest BCUT2D eigenvalue weighted by Gasteiger charge is 2.04.